The van der Waals surface area contributed by atoms with Crippen LogP contribution in [0.1, 0.15) is 5.82 Å². The lowest BCUT2D eigenvalue weighted by Gasteiger charge is -2.07. The summed E-state index contributed by atoms with van der Waals surface area (Å²) in [4.78, 5) is 12.6. The van der Waals surface area contributed by atoms with Crippen molar-refractivity contribution in [2.45, 2.75) is 10.9 Å². The lowest BCUT2D eigenvalue weighted by Crippen LogP contribution is -2.11. The lowest BCUT2D eigenvalue weighted by atomic mass is 10.3. The van der Waals surface area contributed by atoms with E-state index in [-0.39, 0.29) is 5.95 Å². The van der Waals surface area contributed by atoms with Crippen LogP contribution in [0.5, 0.6) is 0 Å². The molecule has 10 nitrogen and oxygen atoms in total. The number of nitrogens with one attached hydrogen (secondary N) is 1. The van der Waals surface area contributed by atoms with E-state index in [1.807, 2.05) is 30.3 Å². The van der Waals surface area contributed by atoms with Crippen LogP contribution >= 0.6 is 11.8 Å². The van der Waals surface area contributed by atoms with Crippen molar-refractivity contribution in [1.82, 2.24) is 29.8 Å². The van der Waals surface area contributed by atoms with Crippen LogP contribution in [-0.4, -0.2) is 29.8 Å². The summed E-state index contributed by atoms with van der Waals surface area (Å²) in [5.41, 5.74) is 6.65. The predicted molar refractivity (Wildman–Crippen MR) is 101 cm³/mol. The number of anilines is 3. The lowest BCUT2D eigenvalue weighted by molar-refractivity contribution is 0.574. The maximum absolute atomic E-state index is 6.04. The highest BCUT2D eigenvalue weighted by molar-refractivity contribution is 7.98. The second-order valence-corrected chi connectivity index (χ2v) is 6.31. The smallest absolute Gasteiger partial charge is 0.232 e. The van der Waals surface area contributed by atoms with Gasteiger partial charge in [-0.3, -0.25) is 0 Å². The SMILES string of the molecule is Nc1nc(CSc2nnc(-c3ccco3)n2N)nc(Nc2ccccc2)n1. The molecule has 5 N–H and O–H groups in total. The molecule has 0 aliphatic rings. The van der Waals surface area contributed by atoms with Crippen LogP contribution in [0.25, 0.3) is 11.6 Å². The molecule has 0 amide bonds. The van der Waals surface area contributed by atoms with Crippen molar-refractivity contribution in [3.8, 4) is 11.6 Å². The van der Waals surface area contributed by atoms with Gasteiger partial charge in [0.2, 0.25) is 22.9 Å². The predicted octanol–water partition coefficient (Wildman–Crippen LogP) is 2.05. The third-order valence-corrected chi connectivity index (χ3v) is 4.40. The van der Waals surface area contributed by atoms with E-state index in [1.54, 1.807) is 18.4 Å². The van der Waals surface area contributed by atoms with Crippen molar-refractivity contribution in [2.75, 3.05) is 16.9 Å². The van der Waals surface area contributed by atoms with Crippen molar-refractivity contribution in [2.24, 2.45) is 0 Å². The largest absolute Gasteiger partial charge is 0.461 e. The van der Waals surface area contributed by atoms with Crippen LogP contribution < -0.4 is 16.9 Å². The van der Waals surface area contributed by atoms with Crippen LogP contribution in [0.15, 0.2) is 58.3 Å². The van der Waals surface area contributed by atoms with Crippen LogP contribution in [0.2, 0.25) is 0 Å². The molecule has 3 aromatic heterocycles. The number of nitrogen functional groups attached to an aromatic ring is 2. The molecule has 0 aliphatic carbocycles. The number of thioether (sulfide) groups is 1. The molecule has 0 spiro atoms. The van der Waals surface area contributed by atoms with Crippen LogP contribution in [-0.2, 0) is 5.75 Å². The van der Waals surface area contributed by atoms with E-state index in [0.29, 0.717) is 34.3 Å². The van der Waals surface area contributed by atoms with Crippen molar-refractivity contribution in [3.63, 3.8) is 0 Å². The van der Waals surface area contributed by atoms with E-state index >= 15 is 0 Å². The molecule has 1 aromatic carbocycles. The summed E-state index contributed by atoms with van der Waals surface area (Å²) in [6, 6.07) is 13.1. The number of benzene rings is 1. The number of nitrogens with zero attached hydrogens (tertiary/aromatic N) is 6. The molecule has 0 radical (unpaired) electrons. The zero-order valence-electron chi connectivity index (χ0n) is 14.0. The molecule has 4 rings (SSSR count). The summed E-state index contributed by atoms with van der Waals surface area (Å²) in [5, 5.41) is 11.7. The van der Waals surface area contributed by atoms with E-state index in [9.17, 15) is 0 Å². The Morgan fingerprint density at radius 3 is 2.67 bits per heavy atom. The Morgan fingerprint density at radius 1 is 1.04 bits per heavy atom. The van der Waals surface area contributed by atoms with Gasteiger partial charge in [-0.1, -0.05) is 30.0 Å². The Kier molecular flexibility index (Phi) is 4.58. The Bertz CT molecular complexity index is 1030. The monoisotopic (exact) mass is 381 g/mol. The first kappa shape index (κ1) is 16.8. The Labute approximate surface area is 158 Å². The minimum Gasteiger partial charge on any atom is -0.461 e. The van der Waals surface area contributed by atoms with E-state index in [4.69, 9.17) is 16.0 Å². The van der Waals surface area contributed by atoms with Gasteiger partial charge in [0, 0.05) is 5.69 Å². The zero-order valence-corrected chi connectivity index (χ0v) is 14.8. The molecule has 0 saturated carbocycles. The second kappa shape index (κ2) is 7.33. The van der Waals surface area contributed by atoms with Gasteiger partial charge < -0.3 is 21.3 Å². The molecule has 0 atom stereocenters. The molecular weight excluding hydrogens is 366 g/mol. The molecule has 0 unspecified atom stereocenters. The first-order valence-corrected chi connectivity index (χ1v) is 8.87. The fourth-order valence-electron chi connectivity index (χ4n) is 2.29. The number of aromatic nitrogens is 6. The first-order valence-electron chi connectivity index (χ1n) is 7.89. The van der Waals surface area contributed by atoms with E-state index in [1.165, 1.54) is 16.4 Å². The second-order valence-electron chi connectivity index (χ2n) is 5.37. The average Bonchev–Trinajstić information content (AvgIpc) is 3.30. The highest BCUT2D eigenvalue weighted by Crippen LogP contribution is 2.24. The molecule has 0 saturated heterocycles. The Morgan fingerprint density at radius 2 is 1.89 bits per heavy atom. The number of hydrogen-bond donors (Lipinski definition) is 3. The van der Waals surface area contributed by atoms with Gasteiger partial charge in [0.25, 0.3) is 0 Å². The maximum Gasteiger partial charge on any atom is 0.232 e. The third-order valence-electron chi connectivity index (χ3n) is 3.47. The van der Waals surface area contributed by atoms with Crippen molar-refractivity contribution < 1.29 is 4.42 Å². The minimum atomic E-state index is 0.129. The van der Waals surface area contributed by atoms with Crippen molar-refractivity contribution >= 4 is 29.3 Å². The molecule has 0 bridgehead atoms. The molecule has 3 heterocycles. The Balaban J connectivity index is 1.49. The molecule has 136 valence electrons. The van der Waals surface area contributed by atoms with Gasteiger partial charge >= 0.3 is 0 Å². The maximum atomic E-state index is 6.04. The summed E-state index contributed by atoms with van der Waals surface area (Å²) in [5.74, 6) is 8.40. The number of nitrogens with two attached hydrogens (primary N) is 2. The van der Waals surface area contributed by atoms with Crippen molar-refractivity contribution in [3.05, 3.63) is 54.6 Å². The standard InChI is InChI=1S/C16H15N9OS/c17-14-20-12(21-15(22-14)19-10-5-2-1-3-6-10)9-27-16-24-23-13(25(16)18)11-7-4-8-26-11/h1-8H,9,18H2,(H3,17,19,20,21,22). The summed E-state index contributed by atoms with van der Waals surface area (Å²) < 4.78 is 6.65. The highest BCUT2D eigenvalue weighted by Gasteiger charge is 2.15. The summed E-state index contributed by atoms with van der Waals surface area (Å²) in [7, 11) is 0. The first-order chi connectivity index (χ1) is 13.2. The Hall–Kier alpha value is -3.60. The number of para-hydroxylation sites is 1. The van der Waals surface area contributed by atoms with Gasteiger partial charge in [-0.2, -0.15) is 15.0 Å². The molecule has 27 heavy (non-hydrogen) atoms. The fourth-order valence-corrected chi connectivity index (χ4v) is 3.00. The topological polar surface area (TPSA) is 147 Å². The average molecular weight is 381 g/mol. The number of furan rings is 1. The van der Waals surface area contributed by atoms with Gasteiger partial charge in [-0.15, -0.1) is 10.2 Å². The van der Waals surface area contributed by atoms with Gasteiger partial charge in [0.05, 0.1) is 12.0 Å². The van der Waals surface area contributed by atoms with Gasteiger partial charge in [0.1, 0.15) is 5.82 Å². The molecule has 0 aliphatic heterocycles. The fraction of sp³-hybridized carbons (Fsp3) is 0.0625. The number of rotatable bonds is 6. The van der Waals surface area contributed by atoms with E-state index < -0.39 is 0 Å². The molecular formula is C16H15N9OS. The van der Waals surface area contributed by atoms with Gasteiger partial charge in [-0.05, 0) is 24.3 Å². The van der Waals surface area contributed by atoms with Gasteiger partial charge in [0.15, 0.2) is 5.76 Å². The highest BCUT2D eigenvalue weighted by atomic mass is 32.2. The van der Waals surface area contributed by atoms with Crippen LogP contribution in [0.3, 0.4) is 0 Å². The minimum absolute atomic E-state index is 0.129. The van der Waals surface area contributed by atoms with E-state index in [2.05, 4.69) is 30.5 Å². The molecule has 11 heteroatoms. The quantitative estimate of drug-likeness (QED) is 0.335. The zero-order chi connectivity index (χ0) is 18.6. The summed E-state index contributed by atoms with van der Waals surface area (Å²) in [6.07, 6.45) is 1.55. The van der Waals surface area contributed by atoms with Crippen molar-refractivity contribution in [1.29, 1.82) is 0 Å². The third kappa shape index (κ3) is 3.82. The van der Waals surface area contributed by atoms with Crippen LogP contribution in [0.4, 0.5) is 17.6 Å². The summed E-state index contributed by atoms with van der Waals surface area (Å²) >= 11 is 1.33. The van der Waals surface area contributed by atoms with E-state index in [0.717, 1.165) is 5.69 Å². The van der Waals surface area contributed by atoms with Crippen LogP contribution in [0, 0.1) is 0 Å². The van der Waals surface area contributed by atoms with Gasteiger partial charge in [-0.25, -0.2) is 4.68 Å². The summed E-state index contributed by atoms with van der Waals surface area (Å²) in [6.45, 7) is 0. The molecule has 0 fully saturated rings. The number of hydrogen-bond acceptors (Lipinski definition) is 10. The normalized spacial score (nSPS) is 10.8. The molecule has 4 aromatic rings.